The lowest BCUT2D eigenvalue weighted by molar-refractivity contribution is -0.115. The van der Waals surface area contributed by atoms with E-state index in [9.17, 15) is 4.79 Å². The van der Waals surface area contributed by atoms with Crippen molar-refractivity contribution in [2.45, 2.75) is 25.2 Å². The summed E-state index contributed by atoms with van der Waals surface area (Å²) >= 11 is 0. The monoisotopic (exact) mass is 216 g/mol. The van der Waals surface area contributed by atoms with Crippen LogP contribution in [0.5, 0.6) is 5.75 Å². The number of hydrogen-bond acceptors (Lipinski definition) is 2. The van der Waals surface area contributed by atoms with Crippen molar-refractivity contribution in [1.29, 1.82) is 0 Å². The molecule has 2 heteroatoms. The average molecular weight is 216 g/mol. The number of carbonyl (C=O) groups excluding carboxylic acids is 1. The highest BCUT2D eigenvalue weighted by atomic mass is 16.5. The predicted molar refractivity (Wildman–Crippen MR) is 63.7 cm³/mol. The van der Waals surface area contributed by atoms with Crippen molar-refractivity contribution in [2.75, 3.05) is 7.11 Å². The Bertz CT molecular complexity index is 434. The Balaban J connectivity index is 2.43. The summed E-state index contributed by atoms with van der Waals surface area (Å²) in [5, 5.41) is 0. The van der Waals surface area contributed by atoms with Crippen LogP contribution in [0.2, 0.25) is 0 Å². The molecule has 0 aliphatic heterocycles. The molecule has 1 aliphatic carbocycles. The molecule has 0 saturated carbocycles. The van der Waals surface area contributed by atoms with Crippen molar-refractivity contribution in [3.05, 3.63) is 42.0 Å². The van der Waals surface area contributed by atoms with Crippen molar-refractivity contribution >= 4 is 5.78 Å². The van der Waals surface area contributed by atoms with Crippen LogP contribution in [0.1, 0.15) is 25.3 Å². The number of carbonyl (C=O) groups is 1. The highest BCUT2D eigenvalue weighted by Crippen LogP contribution is 2.38. The molecule has 1 aromatic carbocycles. The number of ether oxygens (including phenoxy) is 1. The number of ketones is 1. The van der Waals surface area contributed by atoms with E-state index in [-0.39, 0.29) is 11.2 Å². The predicted octanol–water partition coefficient (Wildman–Crippen LogP) is 2.87. The van der Waals surface area contributed by atoms with E-state index in [1.807, 2.05) is 24.3 Å². The van der Waals surface area contributed by atoms with E-state index in [1.54, 1.807) is 13.2 Å². The van der Waals surface area contributed by atoms with E-state index in [2.05, 4.69) is 13.0 Å². The normalized spacial score (nSPS) is 24.5. The maximum Gasteiger partial charge on any atom is 0.155 e. The molecule has 2 nitrogen and oxygen atoms in total. The van der Waals surface area contributed by atoms with Crippen molar-refractivity contribution in [3.8, 4) is 5.75 Å². The fraction of sp³-hybridized carbons (Fsp3) is 0.357. The van der Waals surface area contributed by atoms with E-state index < -0.39 is 0 Å². The Labute approximate surface area is 95.9 Å². The minimum atomic E-state index is -0.0828. The Morgan fingerprint density at radius 2 is 2.06 bits per heavy atom. The summed E-state index contributed by atoms with van der Waals surface area (Å²) in [6.45, 7) is 2.15. The zero-order valence-corrected chi connectivity index (χ0v) is 9.69. The first-order chi connectivity index (χ1) is 7.65. The van der Waals surface area contributed by atoms with E-state index in [0.29, 0.717) is 6.42 Å². The molecular weight excluding hydrogens is 200 g/mol. The maximum atomic E-state index is 11.2. The molecule has 2 rings (SSSR count). The molecule has 0 radical (unpaired) electrons. The summed E-state index contributed by atoms with van der Waals surface area (Å²) in [5.74, 6) is 1.11. The smallest absolute Gasteiger partial charge is 0.155 e. The highest BCUT2D eigenvalue weighted by Gasteiger charge is 2.29. The third kappa shape index (κ3) is 1.87. The van der Waals surface area contributed by atoms with Crippen LogP contribution in [0.3, 0.4) is 0 Å². The van der Waals surface area contributed by atoms with Gasteiger partial charge in [-0.15, -0.1) is 0 Å². The molecule has 84 valence electrons. The molecule has 0 heterocycles. The Kier molecular flexibility index (Phi) is 2.82. The fourth-order valence-electron chi connectivity index (χ4n) is 2.17. The van der Waals surface area contributed by atoms with Gasteiger partial charge >= 0.3 is 0 Å². The van der Waals surface area contributed by atoms with Crippen LogP contribution in [-0.2, 0) is 10.2 Å². The van der Waals surface area contributed by atoms with Gasteiger partial charge in [-0.1, -0.05) is 31.2 Å². The Morgan fingerprint density at radius 3 is 2.69 bits per heavy atom. The molecule has 0 amide bonds. The van der Waals surface area contributed by atoms with E-state index in [4.69, 9.17) is 4.74 Å². The fourth-order valence-corrected chi connectivity index (χ4v) is 2.17. The number of benzene rings is 1. The van der Waals surface area contributed by atoms with Gasteiger partial charge in [0.05, 0.1) is 7.11 Å². The summed E-state index contributed by atoms with van der Waals surface area (Å²) < 4.78 is 5.37. The quantitative estimate of drug-likeness (QED) is 0.759. The van der Waals surface area contributed by atoms with Gasteiger partial charge in [-0.25, -0.2) is 0 Å². The number of hydrogen-bond donors (Lipinski definition) is 0. The maximum absolute atomic E-state index is 11.2. The molecule has 1 aromatic rings. The molecular formula is C14H16O2. The van der Waals surface area contributed by atoms with Gasteiger partial charge in [0.15, 0.2) is 5.78 Å². The molecule has 1 unspecified atom stereocenters. The summed E-state index contributed by atoms with van der Waals surface area (Å²) in [5.41, 5.74) is 1.07. The molecule has 16 heavy (non-hydrogen) atoms. The molecule has 0 fully saturated rings. The molecule has 0 bridgehead atoms. The SMILES string of the molecule is COc1ccccc1C1(C)C=CC(=O)CC1. The summed E-state index contributed by atoms with van der Waals surface area (Å²) in [6, 6.07) is 8.00. The number of para-hydroxylation sites is 1. The van der Waals surface area contributed by atoms with Crippen LogP contribution in [0.4, 0.5) is 0 Å². The zero-order valence-electron chi connectivity index (χ0n) is 9.69. The summed E-state index contributed by atoms with van der Waals surface area (Å²) in [7, 11) is 1.68. The van der Waals surface area contributed by atoms with Crippen LogP contribution in [0.25, 0.3) is 0 Å². The van der Waals surface area contributed by atoms with E-state index >= 15 is 0 Å². The summed E-state index contributed by atoms with van der Waals surface area (Å²) in [4.78, 5) is 11.2. The third-order valence-corrected chi connectivity index (χ3v) is 3.25. The van der Waals surface area contributed by atoms with Gasteiger partial charge in [0, 0.05) is 17.4 Å². The number of rotatable bonds is 2. The Hall–Kier alpha value is -1.57. The van der Waals surface area contributed by atoms with Crippen molar-refractivity contribution < 1.29 is 9.53 Å². The molecule has 0 spiro atoms. The van der Waals surface area contributed by atoms with Crippen molar-refractivity contribution in [1.82, 2.24) is 0 Å². The van der Waals surface area contributed by atoms with Gasteiger partial charge < -0.3 is 4.74 Å². The molecule has 0 N–H and O–H groups in total. The van der Waals surface area contributed by atoms with Crippen LogP contribution in [-0.4, -0.2) is 12.9 Å². The minimum Gasteiger partial charge on any atom is -0.496 e. The Morgan fingerprint density at radius 1 is 1.31 bits per heavy atom. The van der Waals surface area contributed by atoms with E-state index in [1.165, 1.54) is 0 Å². The first kappa shape index (κ1) is 10.9. The molecule has 0 aromatic heterocycles. The van der Waals surface area contributed by atoms with Crippen molar-refractivity contribution in [2.24, 2.45) is 0 Å². The topological polar surface area (TPSA) is 26.3 Å². The zero-order chi connectivity index (χ0) is 11.6. The first-order valence-corrected chi connectivity index (χ1v) is 5.51. The van der Waals surface area contributed by atoms with Crippen LogP contribution in [0, 0.1) is 0 Å². The van der Waals surface area contributed by atoms with Crippen molar-refractivity contribution in [3.63, 3.8) is 0 Å². The van der Waals surface area contributed by atoms with Crippen LogP contribution >= 0.6 is 0 Å². The lowest BCUT2D eigenvalue weighted by Gasteiger charge is -2.30. The molecule has 1 aliphatic rings. The first-order valence-electron chi connectivity index (χ1n) is 5.51. The second-order valence-corrected chi connectivity index (χ2v) is 4.42. The number of methoxy groups -OCH3 is 1. The van der Waals surface area contributed by atoms with Gasteiger partial charge in [0.1, 0.15) is 5.75 Å². The second-order valence-electron chi connectivity index (χ2n) is 4.42. The lowest BCUT2D eigenvalue weighted by atomic mass is 9.74. The van der Waals surface area contributed by atoms with Crippen LogP contribution in [0.15, 0.2) is 36.4 Å². The standard InChI is InChI=1S/C14H16O2/c1-14(9-7-11(15)8-10-14)12-5-3-4-6-13(12)16-2/h3-7,9H,8,10H2,1-2H3. The number of allylic oxidation sites excluding steroid dienone is 2. The van der Waals surface area contributed by atoms with Gasteiger partial charge in [0.2, 0.25) is 0 Å². The molecule has 0 saturated heterocycles. The largest absolute Gasteiger partial charge is 0.496 e. The lowest BCUT2D eigenvalue weighted by Crippen LogP contribution is -2.24. The third-order valence-electron chi connectivity index (χ3n) is 3.25. The highest BCUT2D eigenvalue weighted by molar-refractivity contribution is 5.91. The second kappa shape index (κ2) is 4.12. The van der Waals surface area contributed by atoms with E-state index in [0.717, 1.165) is 17.7 Å². The van der Waals surface area contributed by atoms with Gasteiger partial charge in [-0.05, 0) is 18.6 Å². The van der Waals surface area contributed by atoms with Gasteiger partial charge in [-0.3, -0.25) is 4.79 Å². The van der Waals surface area contributed by atoms with Gasteiger partial charge in [0.25, 0.3) is 0 Å². The average Bonchev–Trinajstić information content (AvgIpc) is 2.33. The molecule has 1 atom stereocenters. The summed E-state index contributed by atoms with van der Waals surface area (Å²) in [6.07, 6.45) is 5.15. The van der Waals surface area contributed by atoms with Crippen LogP contribution < -0.4 is 4.74 Å². The van der Waals surface area contributed by atoms with Gasteiger partial charge in [-0.2, -0.15) is 0 Å². The minimum absolute atomic E-state index is 0.0828.